The van der Waals surface area contributed by atoms with E-state index < -0.39 is 23.3 Å². The largest absolute Gasteiger partial charge is 0.461 e. The van der Waals surface area contributed by atoms with Gasteiger partial charge in [0.05, 0.1) is 15.9 Å². The number of hydrogen-bond acceptors (Lipinski definition) is 8. The van der Waals surface area contributed by atoms with Crippen molar-refractivity contribution in [3.05, 3.63) is 65.3 Å². The number of amides is 1. The van der Waals surface area contributed by atoms with Gasteiger partial charge in [-0.1, -0.05) is 41.9 Å². The highest BCUT2D eigenvalue weighted by atomic mass is 35.5. The molecule has 0 spiro atoms. The first kappa shape index (κ1) is 33.2. The summed E-state index contributed by atoms with van der Waals surface area (Å²) in [4.78, 5) is 35.1. The summed E-state index contributed by atoms with van der Waals surface area (Å²) in [6, 6.07) is 8.19. The number of fused-ring (bicyclic) bond motifs is 3. The predicted octanol–water partition coefficient (Wildman–Crippen LogP) is 6.03. The van der Waals surface area contributed by atoms with Crippen molar-refractivity contribution in [2.45, 2.75) is 55.9 Å². The van der Waals surface area contributed by atoms with E-state index in [1.54, 1.807) is 30.3 Å². The molecule has 0 saturated carbocycles. The van der Waals surface area contributed by atoms with Gasteiger partial charge in [-0.15, -0.1) is 0 Å². The summed E-state index contributed by atoms with van der Waals surface area (Å²) in [5.74, 6) is -0.973. The summed E-state index contributed by atoms with van der Waals surface area (Å²) in [6.45, 7) is 3.41. The molecule has 4 aliphatic rings. The number of halogens is 4. The molecule has 2 aromatic heterocycles. The van der Waals surface area contributed by atoms with Gasteiger partial charge in [-0.3, -0.25) is 19.6 Å². The van der Waals surface area contributed by atoms with Crippen molar-refractivity contribution in [1.29, 1.82) is 0 Å². The Morgan fingerprint density at radius 3 is 2.80 bits per heavy atom. The second-order valence-corrected chi connectivity index (χ2v) is 14.6. The Morgan fingerprint density at radius 2 is 2.00 bits per heavy atom. The van der Waals surface area contributed by atoms with Crippen LogP contribution < -0.4 is 9.64 Å². The van der Waals surface area contributed by atoms with Crippen molar-refractivity contribution in [3.63, 3.8) is 0 Å². The highest BCUT2D eigenvalue weighted by molar-refractivity contribution is 6.36. The molecular weight excluding hydrogens is 667 g/mol. The van der Waals surface area contributed by atoms with Crippen LogP contribution in [0.4, 0.5) is 19.0 Å². The van der Waals surface area contributed by atoms with Crippen molar-refractivity contribution >= 4 is 45.0 Å². The number of anilines is 1. The summed E-state index contributed by atoms with van der Waals surface area (Å²) in [5.41, 5.74) is -0.176. The zero-order chi connectivity index (χ0) is 34.7. The third-order valence-corrected chi connectivity index (χ3v) is 11.6. The van der Waals surface area contributed by atoms with E-state index in [1.165, 1.54) is 12.3 Å². The fourth-order valence-electron chi connectivity index (χ4n) is 8.21. The van der Waals surface area contributed by atoms with Crippen LogP contribution in [0.2, 0.25) is 5.02 Å². The number of aromatic nitrogens is 3. The summed E-state index contributed by atoms with van der Waals surface area (Å²) in [6.07, 6.45) is 8.06. The van der Waals surface area contributed by atoms with Gasteiger partial charge in [0, 0.05) is 75.0 Å². The molecular formula is C37H39ClF3N7O2. The highest BCUT2D eigenvalue weighted by Gasteiger charge is 2.49. The molecule has 0 aliphatic carbocycles. The zero-order valence-electron chi connectivity index (χ0n) is 28.1. The normalized spacial score (nSPS) is 25.6. The van der Waals surface area contributed by atoms with Crippen LogP contribution in [0.1, 0.15) is 32.1 Å². The average molecular weight is 706 g/mol. The summed E-state index contributed by atoms with van der Waals surface area (Å²) in [5, 5.41) is 1.23. The standard InChI is InChI=1S/C37H39ClF3N7O2/c1-45-15-11-24(45)8-10-29(49)47-16-12-25(20-47)46(2)35-27-18-42-33(26-6-3-5-22-7-9-28(40)31(38)30(22)26)32(41)34(27)43-36(44-35)50-21-37-13-4-14-48(37)19-23(39)17-37/h3,5-10,18,23-25H,4,11-17,19-21H2,1-2H3/b10-8+/t23-,24+,25-,37?/m1/s1. The van der Waals surface area contributed by atoms with Crippen molar-refractivity contribution in [1.82, 2.24) is 29.7 Å². The number of nitrogens with zero attached hydrogens (tertiary/aromatic N) is 7. The van der Waals surface area contributed by atoms with Crippen LogP contribution in [0.3, 0.4) is 0 Å². The molecule has 4 saturated heterocycles. The Balaban J connectivity index is 1.16. The van der Waals surface area contributed by atoms with Gasteiger partial charge < -0.3 is 14.5 Å². The van der Waals surface area contributed by atoms with Crippen LogP contribution in [0.5, 0.6) is 6.01 Å². The van der Waals surface area contributed by atoms with E-state index in [9.17, 15) is 13.6 Å². The average Bonchev–Trinajstić information content (AvgIpc) is 3.83. The van der Waals surface area contributed by atoms with Gasteiger partial charge in [-0.2, -0.15) is 9.97 Å². The van der Waals surface area contributed by atoms with Crippen LogP contribution in [-0.2, 0) is 4.79 Å². The van der Waals surface area contributed by atoms with Crippen LogP contribution in [0.25, 0.3) is 32.9 Å². The molecule has 50 heavy (non-hydrogen) atoms. The van der Waals surface area contributed by atoms with E-state index >= 15 is 4.39 Å². The number of carbonyl (C=O) groups excluding carboxylic acids is 1. The SMILES string of the molecule is CN1CC[C@@H]1/C=C/C(=O)N1CC[C@@H](N(C)c2nc(OCC34CCCN3C[C@H](F)C4)nc3c(F)c(-c4cccc5ccc(F)c(Cl)c45)ncc23)C1. The number of pyridine rings is 1. The van der Waals surface area contributed by atoms with Crippen molar-refractivity contribution in [2.75, 3.05) is 58.3 Å². The van der Waals surface area contributed by atoms with Gasteiger partial charge in [0.25, 0.3) is 0 Å². The third kappa shape index (κ3) is 5.75. The molecule has 6 heterocycles. The van der Waals surface area contributed by atoms with Crippen LogP contribution in [0.15, 0.2) is 48.7 Å². The maximum Gasteiger partial charge on any atom is 0.319 e. The number of benzene rings is 2. The maximum atomic E-state index is 16.8. The quantitative estimate of drug-likeness (QED) is 0.206. The minimum atomic E-state index is -0.931. The lowest BCUT2D eigenvalue weighted by molar-refractivity contribution is -0.125. The first-order valence-corrected chi connectivity index (χ1v) is 17.6. The van der Waals surface area contributed by atoms with Crippen molar-refractivity contribution in [2.24, 2.45) is 0 Å². The van der Waals surface area contributed by atoms with E-state index in [1.807, 2.05) is 30.0 Å². The molecule has 262 valence electrons. The Kier molecular flexibility index (Phi) is 8.59. The molecule has 0 radical (unpaired) electrons. The van der Waals surface area contributed by atoms with Crippen molar-refractivity contribution in [3.8, 4) is 17.3 Å². The molecule has 8 rings (SSSR count). The number of rotatable bonds is 8. The number of likely N-dealkylation sites (N-methyl/N-ethyl adjacent to an activating group) is 2. The highest BCUT2D eigenvalue weighted by Crippen LogP contribution is 2.42. The van der Waals surface area contributed by atoms with E-state index in [4.69, 9.17) is 21.3 Å². The van der Waals surface area contributed by atoms with E-state index in [0.717, 1.165) is 32.4 Å². The third-order valence-electron chi connectivity index (χ3n) is 11.2. The Bertz CT molecular complexity index is 2020. The van der Waals surface area contributed by atoms with Crippen LogP contribution >= 0.6 is 11.6 Å². The first-order chi connectivity index (χ1) is 24.1. The Morgan fingerprint density at radius 1 is 1.14 bits per heavy atom. The Hall–Kier alpha value is -4.00. The monoisotopic (exact) mass is 705 g/mol. The predicted molar refractivity (Wildman–Crippen MR) is 187 cm³/mol. The molecule has 9 nitrogen and oxygen atoms in total. The number of likely N-dealkylation sites (tertiary alicyclic amines) is 2. The number of carbonyl (C=O) groups is 1. The number of alkyl halides is 1. The lowest BCUT2D eigenvalue weighted by Gasteiger charge is -2.35. The molecule has 1 amide bonds. The molecule has 2 aromatic carbocycles. The zero-order valence-corrected chi connectivity index (χ0v) is 28.8. The van der Waals surface area contributed by atoms with Crippen LogP contribution in [-0.4, -0.2) is 113 Å². The maximum absolute atomic E-state index is 16.8. The number of ether oxygens (including phenoxy) is 1. The van der Waals surface area contributed by atoms with Crippen LogP contribution in [0, 0.1) is 11.6 Å². The van der Waals surface area contributed by atoms with E-state index in [-0.39, 0.29) is 46.8 Å². The minimum Gasteiger partial charge on any atom is -0.461 e. The van der Waals surface area contributed by atoms with Crippen molar-refractivity contribution < 1.29 is 22.7 Å². The summed E-state index contributed by atoms with van der Waals surface area (Å²) < 4.78 is 52.2. The summed E-state index contributed by atoms with van der Waals surface area (Å²) >= 11 is 6.42. The second-order valence-electron chi connectivity index (χ2n) is 14.2. The molecule has 0 bridgehead atoms. The molecule has 1 unspecified atom stereocenters. The summed E-state index contributed by atoms with van der Waals surface area (Å²) in [7, 11) is 3.91. The topological polar surface area (TPSA) is 77.9 Å². The molecule has 0 N–H and O–H groups in total. The smallest absolute Gasteiger partial charge is 0.319 e. The van der Waals surface area contributed by atoms with Gasteiger partial charge in [-0.25, -0.2) is 13.2 Å². The lowest BCUT2D eigenvalue weighted by atomic mass is 9.95. The molecule has 4 fully saturated rings. The minimum absolute atomic E-state index is 0.0135. The molecule has 4 atom stereocenters. The Labute approximate surface area is 293 Å². The molecule has 4 aromatic rings. The lowest BCUT2D eigenvalue weighted by Crippen LogP contribution is -2.43. The fourth-order valence-corrected chi connectivity index (χ4v) is 8.48. The van der Waals surface area contributed by atoms with Gasteiger partial charge in [0.2, 0.25) is 5.91 Å². The second kappa shape index (κ2) is 13.0. The van der Waals surface area contributed by atoms with Gasteiger partial charge in [0.1, 0.15) is 35.6 Å². The van der Waals surface area contributed by atoms with Gasteiger partial charge >= 0.3 is 6.01 Å². The van der Waals surface area contributed by atoms with E-state index in [2.05, 4.69) is 19.8 Å². The first-order valence-electron chi connectivity index (χ1n) is 17.3. The molecule has 13 heteroatoms. The van der Waals surface area contributed by atoms with Gasteiger partial charge in [-0.05, 0) is 50.7 Å². The molecule has 4 aliphatic heterocycles. The number of hydrogen-bond donors (Lipinski definition) is 0. The fraction of sp³-hybridized carbons (Fsp3) is 0.459. The van der Waals surface area contributed by atoms with E-state index in [0.29, 0.717) is 60.0 Å². The van der Waals surface area contributed by atoms with Gasteiger partial charge in [0.15, 0.2) is 5.82 Å².